The van der Waals surface area contributed by atoms with E-state index in [4.69, 9.17) is 0 Å². The summed E-state index contributed by atoms with van der Waals surface area (Å²) in [6.07, 6.45) is 2.93. The summed E-state index contributed by atoms with van der Waals surface area (Å²) in [5.41, 5.74) is 1.84. The normalized spacial score (nSPS) is 14.7. The van der Waals surface area contributed by atoms with Crippen molar-refractivity contribution in [3.8, 4) is 5.69 Å². The van der Waals surface area contributed by atoms with Crippen LogP contribution in [0.15, 0.2) is 30.6 Å². The number of halogens is 1. The SMILES string of the molecule is CCCC(=O)N1CCN(c2ncnc3c2nnn3-c2ccc(F)cc2)CC1. The van der Waals surface area contributed by atoms with Gasteiger partial charge in [-0.2, -0.15) is 4.68 Å². The Bertz CT molecular complexity index is 948. The minimum atomic E-state index is -0.311. The van der Waals surface area contributed by atoms with Crippen LogP contribution < -0.4 is 4.90 Å². The summed E-state index contributed by atoms with van der Waals surface area (Å²) in [6.45, 7) is 4.71. The second-order valence-electron chi connectivity index (χ2n) is 6.46. The Labute approximate surface area is 155 Å². The maximum Gasteiger partial charge on any atom is 0.222 e. The second kappa shape index (κ2) is 7.26. The fourth-order valence-electron chi connectivity index (χ4n) is 3.26. The quantitative estimate of drug-likeness (QED) is 0.698. The highest BCUT2D eigenvalue weighted by molar-refractivity contribution is 5.84. The summed E-state index contributed by atoms with van der Waals surface area (Å²) < 4.78 is 14.8. The fraction of sp³-hybridized carbons (Fsp3) is 0.389. The molecule has 1 aromatic carbocycles. The van der Waals surface area contributed by atoms with E-state index >= 15 is 0 Å². The first-order valence-corrected chi connectivity index (χ1v) is 9.02. The standard InChI is InChI=1S/C18H20FN7O/c1-2-3-15(27)24-8-10-25(11-9-24)17-16-18(21-12-20-17)26(23-22-16)14-6-4-13(19)5-7-14/h4-7,12H,2-3,8-11H2,1H3. The molecule has 9 heteroatoms. The average Bonchev–Trinajstić information content (AvgIpc) is 3.13. The van der Waals surface area contributed by atoms with Gasteiger partial charge in [-0.25, -0.2) is 14.4 Å². The predicted octanol–water partition coefficient (Wildman–Crippen LogP) is 1.80. The molecule has 8 nitrogen and oxygen atoms in total. The molecular formula is C18H20FN7O. The molecule has 3 heterocycles. The summed E-state index contributed by atoms with van der Waals surface area (Å²) >= 11 is 0. The maximum atomic E-state index is 13.2. The molecule has 0 atom stereocenters. The van der Waals surface area contributed by atoms with Gasteiger partial charge in [0.05, 0.1) is 5.69 Å². The topological polar surface area (TPSA) is 80.0 Å². The van der Waals surface area contributed by atoms with Crippen LogP contribution in [-0.2, 0) is 4.79 Å². The number of amides is 1. The Morgan fingerprint density at radius 1 is 1.11 bits per heavy atom. The number of fused-ring (bicyclic) bond motifs is 1. The van der Waals surface area contributed by atoms with Crippen LogP contribution in [0.25, 0.3) is 16.9 Å². The van der Waals surface area contributed by atoms with E-state index in [2.05, 4.69) is 25.2 Å². The molecule has 1 aliphatic heterocycles. The van der Waals surface area contributed by atoms with Gasteiger partial charge >= 0.3 is 0 Å². The highest BCUT2D eigenvalue weighted by Crippen LogP contribution is 2.23. The molecule has 1 saturated heterocycles. The van der Waals surface area contributed by atoms with Crippen LogP contribution in [0.5, 0.6) is 0 Å². The average molecular weight is 369 g/mol. The first kappa shape index (κ1) is 17.3. The van der Waals surface area contributed by atoms with E-state index in [1.165, 1.54) is 18.5 Å². The Hall–Kier alpha value is -3.10. The van der Waals surface area contributed by atoms with E-state index in [1.807, 2.05) is 11.8 Å². The summed E-state index contributed by atoms with van der Waals surface area (Å²) in [5.74, 6) is 0.595. The van der Waals surface area contributed by atoms with Crippen molar-refractivity contribution < 1.29 is 9.18 Å². The molecular weight excluding hydrogens is 349 g/mol. The van der Waals surface area contributed by atoms with Crippen molar-refractivity contribution in [3.63, 3.8) is 0 Å². The van der Waals surface area contributed by atoms with Crippen LogP contribution >= 0.6 is 0 Å². The van der Waals surface area contributed by atoms with E-state index in [-0.39, 0.29) is 11.7 Å². The minimum absolute atomic E-state index is 0.201. The molecule has 0 aliphatic carbocycles. The third kappa shape index (κ3) is 3.32. The number of nitrogens with zero attached hydrogens (tertiary/aromatic N) is 7. The van der Waals surface area contributed by atoms with E-state index in [9.17, 15) is 9.18 Å². The molecule has 27 heavy (non-hydrogen) atoms. The van der Waals surface area contributed by atoms with Crippen LogP contribution in [-0.4, -0.2) is 61.9 Å². The van der Waals surface area contributed by atoms with Gasteiger partial charge in [-0.15, -0.1) is 5.10 Å². The zero-order valence-corrected chi connectivity index (χ0v) is 15.0. The summed E-state index contributed by atoms with van der Waals surface area (Å²) in [5, 5.41) is 8.42. The van der Waals surface area contributed by atoms with Crippen molar-refractivity contribution in [2.45, 2.75) is 19.8 Å². The monoisotopic (exact) mass is 369 g/mol. The van der Waals surface area contributed by atoms with Crippen molar-refractivity contribution in [1.82, 2.24) is 29.9 Å². The molecule has 0 unspecified atom stereocenters. The van der Waals surface area contributed by atoms with Gasteiger partial charge in [0.1, 0.15) is 12.1 Å². The van der Waals surface area contributed by atoms with Crippen LogP contribution in [0.2, 0.25) is 0 Å². The number of carbonyl (C=O) groups excluding carboxylic acids is 1. The van der Waals surface area contributed by atoms with Gasteiger partial charge in [0.15, 0.2) is 17.0 Å². The van der Waals surface area contributed by atoms with Crippen molar-refractivity contribution in [2.75, 3.05) is 31.1 Å². The maximum absolute atomic E-state index is 13.2. The Morgan fingerprint density at radius 2 is 1.85 bits per heavy atom. The molecule has 1 fully saturated rings. The van der Waals surface area contributed by atoms with Crippen LogP contribution in [0.4, 0.5) is 10.2 Å². The van der Waals surface area contributed by atoms with Crippen molar-refractivity contribution >= 4 is 22.9 Å². The molecule has 1 amide bonds. The molecule has 0 bridgehead atoms. The van der Waals surface area contributed by atoms with Gasteiger partial charge < -0.3 is 9.80 Å². The Kier molecular flexibility index (Phi) is 4.66. The summed E-state index contributed by atoms with van der Waals surface area (Å²) in [7, 11) is 0. The van der Waals surface area contributed by atoms with E-state index in [0.717, 1.165) is 6.42 Å². The van der Waals surface area contributed by atoms with Crippen molar-refractivity contribution in [3.05, 3.63) is 36.4 Å². The number of hydrogen-bond acceptors (Lipinski definition) is 6. The van der Waals surface area contributed by atoms with Crippen LogP contribution in [0.3, 0.4) is 0 Å². The third-order valence-corrected chi connectivity index (χ3v) is 4.69. The van der Waals surface area contributed by atoms with Crippen LogP contribution in [0.1, 0.15) is 19.8 Å². The number of anilines is 1. The summed E-state index contributed by atoms with van der Waals surface area (Å²) in [4.78, 5) is 24.8. The molecule has 1 aliphatic rings. The smallest absolute Gasteiger partial charge is 0.222 e. The molecule has 0 spiro atoms. The fourth-order valence-corrected chi connectivity index (χ4v) is 3.26. The van der Waals surface area contributed by atoms with Gasteiger partial charge in [-0.1, -0.05) is 12.1 Å². The molecule has 4 rings (SSSR count). The van der Waals surface area contributed by atoms with Crippen molar-refractivity contribution in [1.29, 1.82) is 0 Å². The largest absolute Gasteiger partial charge is 0.351 e. The minimum Gasteiger partial charge on any atom is -0.351 e. The molecule has 2 aromatic heterocycles. The first-order chi connectivity index (χ1) is 13.2. The zero-order chi connectivity index (χ0) is 18.8. The number of aromatic nitrogens is 5. The Balaban J connectivity index is 1.59. The van der Waals surface area contributed by atoms with Crippen LogP contribution in [0, 0.1) is 5.82 Å². The molecule has 140 valence electrons. The number of piperazine rings is 1. The Morgan fingerprint density at radius 3 is 2.56 bits per heavy atom. The first-order valence-electron chi connectivity index (χ1n) is 9.02. The lowest BCUT2D eigenvalue weighted by Crippen LogP contribution is -2.49. The lowest BCUT2D eigenvalue weighted by molar-refractivity contribution is -0.131. The lowest BCUT2D eigenvalue weighted by Gasteiger charge is -2.35. The van der Waals surface area contributed by atoms with Gasteiger partial charge in [-0.3, -0.25) is 4.79 Å². The van der Waals surface area contributed by atoms with Gasteiger partial charge in [-0.05, 0) is 30.7 Å². The predicted molar refractivity (Wildman–Crippen MR) is 98.1 cm³/mol. The highest BCUT2D eigenvalue weighted by atomic mass is 19.1. The van der Waals surface area contributed by atoms with Crippen molar-refractivity contribution in [2.24, 2.45) is 0 Å². The third-order valence-electron chi connectivity index (χ3n) is 4.69. The zero-order valence-electron chi connectivity index (χ0n) is 15.0. The molecule has 0 radical (unpaired) electrons. The molecule has 3 aromatic rings. The van der Waals surface area contributed by atoms with E-state index < -0.39 is 0 Å². The van der Waals surface area contributed by atoms with E-state index in [0.29, 0.717) is 55.3 Å². The van der Waals surface area contributed by atoms with Gasteiger partial charge in [0, 0.05) is 32.6 Å². The number of rotatable bonds is 4. The van der Waals surface area contributed by atoms with E-state index in [1.54, 1.807) is 16.8 Å². The molecule has 0 N–H and O–H groups in total. The van der Waals surface area contributed by atoms with Gasteiger partial charge in [0.2, 0.25) is 5.91 Å². The second-order valence-corrected chi connectivity index (χ2v) is 6.46. The number of benzene rings is 1. The number of hydrogen-bond donors (Lipinski definition) is 0. The lowest BCUT2D eigenvalue weighted by atomic mass is 10.2. The number of carbonyl (C=O) groups is 1. The highest BCUT2D eigenvalue weighted by Gasteiger charge is 2.24. The summed E-state index contributed by atoms with van der Waals surface area (Å²) in [6, 6.07) is 6.00. The van der Waals surface area contributed by atoms with Gasteiger partial charge in [0.25, 0.3) is 0 Å². The molecule has 0 saturated carbocycles.